The zero-order valence-corrected chi connectivity index (χ0v) is 10.7. The lowest BCUT2D eigenvalue weighted by molar-refractivity contribution is -0.139. The van der Waals surface area contributed by atoms with E-state index in [0.717, 1.165) is 9.86 Å². The number of hydrogen-bond donors (Lipinski definition) is 1. The largest absolute Gasteiger partial charge is 0.469 e. The summed E-state index contributed by atoms with van der Waals surface area (Å²) in [5.41, 5.74) is 0.322. The number of aromatic amines is 1. The average Bonchev–Trinajstić information content (AvgIpc) is 2.35. The van der Waals surface area contributed by atoms with E-state index in [2.05, 4.69) is 25.7 Å². The van der Waals surface area contributed by atoms with Crippen LogP contribution < -0.4 is 5.56 Å². The summed E-state index contributed by atoms with van der Waals surface area (Å²) in [5.74, 6) is -0.392. The quantitative estimate of drug-likeness (QED) is 0.862. The second-order valence-corrected chi connectivity index (χ2v) is 4.34. The fourth-order valence-corrected chi connectivity index (χ4v) is 2.22. The molecule has 0 aliphatic rings. The number of nitrogens with one attached hydrogen (secondary N) is 1. The summed E-state index contributed by atoms with van der Waals surface area (Å²) >= 11 is 3.40. The summed E-state index contributed by atoms with van der Waals surface area (Å²) in [6.45, 7) is 0. The zero-order valence-electron chi connectivity index (χ0n) is 9.12. The van der Waals surface area contributed by atoms with Gasteiger partial charge in [0.2, 0.25) is 0 Å². The van der Waals surface area contributed by atoms with Gasteiger partial charge in [-0.15, -0.1) is 0 Å². The van der Waals surface area contributed by atoms with E-state index in [9.17, 15) is 9.59 Å². The molecular weight excluding hydrogens is 286 g/mol. The molecule has 4 nitrogen and oxygen atoms in total. The van der Waals surface area contributed by atoms with Gasteiger partial charge in [0.05, 0.1) is 13.5 Å². The summed E-state index contributed by atoms with van der Waals surface area (Å²) in [5, 5.41) is 1.38. The smallest absolute Gasteiger partial charge is 0.311 e. The fraction of sp³-hybridized carbons (Fsp3) is 0.167. The van der Waals surface area contributed by atoms with Crippen LogP contribution in [-0.4, -0.2) is 18.1 Å². The number of esters is 1. The number of fused-ring (bicyclic) bond motifs is 1. The van der Waals surface area contributed by atoms with Crippen LogP contribution in [0.15, 0.2) is 33.5 Å². The number of ether oxygens (including phenoxy) is 1. The maximum absolute atomic E-state index is 11.8. The lowest BCUT2D eigenvalue weighted by Gasteiger charge is -2.06. The summed E-state index contributed by atoms with van der Waals surface area (Å²) in [6.07, 6.45) is 0.0388. The number of benzene rings is 1. The van der Waals surface area contributed by atoms with Crippen molar-refractivity contribution in [2.75, 3.05) is 7.11 Å². The molecular formula is C12H10BrNO3. The normalized spacial score (nSPS) is 10.5. The third kappa shape index (κ3) is 2.24. The van der Waals surface area contributed by atoms with Crippen molar-refractivity contribution in [1.29, 1.82) is 0 Å². The van der Waals surface area contributed by atoms with Crippen molar-refractivity contribution >= 4 is 32.7 Å². The van der Waals surface area contributed by atoms with Crippen LogP contribution in [0.4, 0.5) is 0 Å². The first-order valence-corrected chi connectivity index (χ1v) is 5.79. The molecule has 2 aromatic rings. The molecule has 1 aromatic heterocycles. The van der Waals surface area contributed by atoms with Crippen LogP contribution in [0.3, 0.4) is 0 Å². The summed E-state index contributed by atoms with van der Waals surface area (Å²) in [4.78, 5) is 25.7. The third-order valence-electron chi connectivity index (χ3n) is 2.49. The number of halogens is 1. The molecule has 0 amide bonds. The van der Waals surface area contributed by atoms with Gasteiger partial charge in [-0.3, -0.25) is 9.59 Å². The van der Waals surface area contributed by atoms with E-state index in [0.29, 0.717) is 11.1 Å². The predicted molar refractivity (Wildman–Crippen MR) is 68.0 cm³/mol. The number of methoxy groups -OCH3 is 1. The standard InChI is InChI=1S/C12H10BrNO3/c1-17-10(15)6-9-11(13)7-4-2-3-5-8(7)12(16)14-9/h2-5H,6H2,1H3,(H,14,16). The highest BCUT2D eigenvalue weighted by Gasteiger charge is 2.12. The van der Waals surface area contributed by atoms with E-state index in [-0.39, 0.29) is 12.0 Å². The molecule has 0 spiro atoms. The van der Waals surface area contributed by atoms with E-state index < -0.39 is 5.97 Å². The van der Waals surface area contributed by atoms with Crippen LogP contribution >= 0.6 is 15.9 Å². The van der Waals surface area contributed by atoms with Gasteiger partial charge >= 0.3 is 5.97 Å². The second-order valence-electron chi connectivity index (χ2n) is 3.55. The number of hydrogen-bond acceptors (Lipinski definition) is 3. The highest BCUT2D eigenvalue weighted by Crippen LogP contribution is 2.24. The highest BCUT2D eigenvalue weighted by molar-refractivity contribution is 9.10. The van der Waals surface area contributed by atoms with Gasteiger partial charge in [0.25, 0.3) is 5.56 Å². The maximum atomic E-state index is 11.8. The van der Waals surface area contributed by atoms with Crippen molar-refractivity contribution in [3.05, 3.63) is 44.8 Å². The van der Waals surface area contributed by atoms with Gasteiger partial charge in [0, 0.05) is 20.9 Å². The van der Waals surface area contributed by atoms with E-state index in [4.69, 9.17) is 0 Å². The van der Waals surface area contributed by atoms with E-state index in [1.165, 1.54) is 7.11 Å². The van der Waals surface area contributed by atoms with Crippen LogP contribution in [-0.2, 0) is 16.0 Å². The number of pyridine rings is 1. The fourth-order valence-electron chi connectivity index (χ4n) is 1.63. The molecule has 5 heteroatoms. The van der Waals surface area contributed by atoms with Crippen molar-refractivity contribution in [3.63, 3.8) is 0 Å². The Hall–Kier alpha value is -1.62. The minimum absolute atomic E-state index is 0.0388. The highest BCUT2D eigenvalue weighted by atomic mass is 79.9. The molecule has 0 fully saturated rings. The van der Waals surface area contributed by atoms with Crippen LogP contribution in [0.25, 0.3) is 10.8 Å². The summed E-state index contributed by atoms with van der Waals surface area (Å²) in [6, 6.07) is 7.20. The topological polar surface area (TPSA) is 59.2 Å². The Bertz CT molecular complexity index is 633. The van der Waals surface area contributed by atoms with Gasteiger partial charge in [-0.2, -0.15) is 0 Å². The maximum Gasteiger partial charge on any atom is 0.311 e. The Morgan fingerprint density at radius 2 is 2.00 bits per heavy atom. The molecule has 1 heterocycles. The molecule has 88 valence electrons. The lowest BCUT2D eigenvalue weighted by Crippen LogP contribution is -2.14. The third-order valence-corrected chi connectivity index (χ3v) is 3.39. The first kappa shape index (κ1) is 11.9. The number of carbonyl (C=O) groups excluding carboxylic acids is 1. The Labute approximate surface area is 106 Å². The minimum Gasteiger partial charge on any atom is -0.469 e. The summed E-state index contributed by atoms with van der Waals surface area (Å²) < 4.78 is 5.30. The van der Waals surface area contributed by atoms with Gasteiger partial charge in [0.1, 0.15) is 0 Å². The van der Waals surface area contributed by atoms with Crippen molar-refractivity contribution in [3.8, 4) is 0 Å². The molecule has 0 unspecified atom stereocenters. The zero-order chi connectivity index (χ0) is 12.4. The molecule has 0 saturated heterocycles. The summed E-state index contributed by atoms with van der Waals surface area (Å²) in [7, 11) is 1.31. The number of H-pyrrole nitrogens is 1. The van der Waals surface area contributed by atoms with Gasteiger partial charge < -0.3 is 9.72 Å². The molecule has 0 saturated carbocycles. The number of rotatable bonds is 2. The van der Waals surface area contributed by atoms with Crippen molar-refractivity contribution in [2.45, 2.75) is 6.42 Å². The van der Waals surface area contributed by atoms with Crippen molar-refractivity contribution in [2.24, 2.45) is 0 Å². The predicted octanol–water partition coefficient (Wildman–Crippen LogP) is 2.01. The monoisotopic (exact) mass is 295 g/mol. The lowest BCUT2D eigenvalue weighted by atomic mass is 10.1. The minimum atomic E-state index is -0.392. The van der Waals surface area contributed by atoms with Crippen LogP contribution in [0.2, 0.25) is 0 Å². The SMILES string of the molecule is COC(=O)Cc1[nH]c(=O)c2ccccc2c1Br. The molecule has 0 bridgehead atoms. The van der Waals surface area contributed by atoms with E-state index in [1.54, 1.807) is 12.1 Å². The average molecular weight is 296 g/mol. The Kier molecular flexibility index (Phi) is 3.28. The molecule has 0 aliphatic carbocycles. The Morgan fingerprint density at radius 1 is 1.35 bits per heavy atom. The van der Waals surface area contributed by atoms with Gasteiger partial charge in [-0.25, -0.2) is 0 Å². The second kappa shape index (κ2) is 4.71. The molecule has 17 heavy (non-hydrogen) atoms. The van der Waals surface area contributed by atoms with Crippen molar-refractivity contribution in [1.82, 2.24) is 4.98 Å². The molecule has 0 atom stereocenters. The first-order chi connectivity index (χ1) is 8.13. The molecule has 1 aromatic carbocycles. The number of carbonyl (C=O) groups is 1. The van der Waals surface area contributed by atoms with E-state index in [1.807, 2.05) is 12.1 Å². The van der Waals surface area contributed by atoms with E-state index >= 15 is 0 Å². The van der Waals surface area contributed by atoms with Crippen LogP contribution in [0.1, 0.15) is 5.69 Å². The van der Waals surface area contributed by atoms with Crippen molar-refractivity contribution < 1.29 is 9.53 Å². The molecule has 2 rings (SSSR count). The molecule has 1 N–H and O–H groups in total. The Morgan fingerprint density at radius 3 is 2.65 bits per heavy atom. The number of aromatic nitrogens is 1. The van der Waals surface area contributed by atoms with Gasteiger partial charge in [0.15, 0.2) is 0 Å². The van der Waals surface area contributed by atoms with Crippen LogP contribution in [0, 0.1) is 0 Å². The van der Waals surface area contributed by atoms with Crippen LogP contribution in [0.5, 0.6) is 0 Å². The molecule has 0 radical (unpaired) electrons. The molecule has 0 aliphatic heterocycles. The first-order valence-electron chi connectivity index (χ1n) is 4.99. The van der Waals surface area contributed by atoms with Gasteiger partial charge in [-0.05, 0) is 22.0 Å². The van der Waals surface area contributed by atoms with Gasteiger partial charge in [-0.1, -0.05) is 18.2 Å². The Balaban J connectivity index is 2.63.